The van der Waals surface area contributed by atoms with Crippen LogP contribution in [0, 0.1) is 0 Å². The van der Waals surface area contributed by atoms with E-state index in [1.54, 1.807) is 12.1 Å². The first-order chi connectivity index (χ1) is 10.6. The van der Waals surface area contributed by atoms with Crippen molar-refractivity contribution in [3.05, 3.63) is 23.8 Å². The molecule has 0 atom stereocenters. The van der Waals surface area contributed by atoms with E-state index < -0.39 is 6.61 Å². The molecule has 0 bridgehead atoms. The van der Waals surface area contributed by atoms with Crippen molar-refractivity contribution < 1.29 is 18.3 Å². The van der Waals surface area contributed by atoms with Crippen molar-refractivity contribution in [2.45, 2.75) is 26.5 Å². The highest BCUT2D eigenvalue weighted by Gasteiger charge is 2.15. The highest BCUT2D eigenvalue weighted by molar-refractivity contribution is 14.0. The molecule has 0 aromatic heterocycles. The maximum Gasteiger partial charge on any atom is 0.387 e. The maximum atomic E-state index is 12.6. The summed E-state index contributed by atoms with van der Waals surface area (Å²) in [6.07, 6.45) is 0.848. The molecule has 1 heterocycles. The molecule has 8 heteroatoms. The van der Waals surface area contributed by atoms with Crippen LogP contribution in [0.2, 0.25) is 0 Å². The molecule has 0 fully saturated rings. The van der Waals surface area contributed by atoms with E-state index in [1.807, 2.05) is 18.9 Å². The van der Waals surface area contributed by atoms with Gasteiger partial charge in [0, 0.05) is 31.8 Å². The lowest BCUT2D eigenvalue weighted by atomic mass is 10.2. The first kappa shape index (κ1) is 19.7. The van der Waals surface area contributed by atoms with E-state index in [2.05, 4.69) is 15.0 Å². The summed E-state index contributed by atoms with van der Waals surface area (Å²) in [5, 5.41) is 3.13. The number of aliphatic imine (C=N–C) groups is 1. The Labute approximate surface area is 152 Å². The molecule has 1 aromatic rings. The van der Waals surface area contributed by atoms with Crippen LogP contribution in [0.25, 0.3) is 0 Å². The number of guanidine groups is 1. The van der Waals surface area contributed by atoms with Crippen molar-refractivity contribution in [1.29, 1.82) is 0 Å². The summed E-state index contributed by atoms with van der Waals surface area (Å²) < 4.78 is 35.2. The third kappa shape index (κ3) is 6.00. The average Bonchev–Trinajstić information content (AvgIpc) is 2.89. The minimum absolute atomic E-state index is 0. The monoisotopic (exact) mass is 441 g/mol. The number of alkyl halides is 2. The van der Waals surface area contributed by atoms with Crippen LogP contribution in [0.1, 0.15) is 18.9 Å². The summed E-state index contributed by atoms with van der Waals surface area (Å²) in [5.74, 6) is 1.41. The number of nitrogens with zero attached hydrogens (tertiary/aromatic N) is 2. The van der Waals surface area contributed by atoms with Gasteiger partial charge < -0.3 is 19.7 Å². The average molecular weight is 441 g/mol. The Morgan fingerprint density at radius 3 is 2.78 bits per heavy atom. The van der Waals surface area contributed by atoms with E-state index in [-0.39, 0.29) is 29.7 Å². The molecular weight excluding hydrogens is 419 g/mol. The number of halogens is 3. The van der Waals surface area contributed by atoms with Gasteiger partial charge in [0.15, 0.2) is 5.96 Å². The van der Waals surface area contributed by atoms with E-state index in [0.29, 0.717) is 24.5 Å². The van der Waals surface area contributed by atoms with E-state index in [4.69, 9.17) is 4.74 Å². The van der Waals surface area contributed by atoms with Gasteiger partial charge in [0.1, 0.15) is 11.5 Å². The van der Waals surface area contributed by atoms with Crippen molar-refractivity contribution in [3.8, 4) is 11.5 Å². The fourth-order valence-electron chi connectivity index (χ4n) is 2.09. The molecule has 0 unspecified atom stereocenters. The Morgan fingerprint density at radius 2 is 2.17 bits per heavy atom. The molecule has 1 aromatic carbocycles. The van der Waals surface area contributed by atoms with Crippen molar-refractivity contribution in [1.82, 2.24) is 10.2 Å². The number of hydrogen-bond acceptors (Lipinski definition) is 5. The molecular formula is C15H22F2IN3O2. The normalized spacial score (nSPS) is 13.6. The molecule has 1 aliphatic rings. The molecule has 0 spiro atoms. The third-order valence-corrected chi connectivity index (χ3v) is 3.22. The number of ether oxygens (including phenoxy) is 2. The molecule has 5 nitrogen and oxygen atoms in total. The van der Waals surface area contributed by atoms with Gasteiger partial charge in [0.25, 0.3) is 0 Å². The number of benzene rings is 1. The van der Waals surface area contributed by atoms with Gasteiger partial charge in [-0.1, -0.05) is 6.92 Å². The second kappa shape index (κ2) is 9.74. The summed E-state index contributed by atoms with van der Waals surface area (Å²) in [6, 6.07) is 4.98. The summed E-state index contributed by atoms with van der Waals surface area (Å²) >= 11 is 0. The van der Waals surface area contributed by atoms with Gasteiger partial charge in [-0.15, -0.1) is 24.0 Å². The van der Waals surface area contributed by atoms with Crippen LogP contribution in [0.3, 0.4) is 0 Å². The lowest BCUT2D eigenvalue weighted by Crippen LogP contribution is -2.35. The summed E-state index contributed by atoms with van der Waals surface area (Å²) in [7, 11) is 1.93. The zero-order valence-electron chi connectivity index (χ0n) is 13.2. The predicted octanol–water partition coefficient (Wildman–Crippen LogP) is 3.09. The first-order valence-electron chi connectivity index (χ1n) is 7.30. The standard InChI is InChI=1S/C15H21F2N3O2.HI/c1-3-8-21-12-5-4-11(13(9-12)22-14(16)17)10-19-15-18-6-7-20(15)2;/h4-5,9,14H,3,6-8,10H2,1-2H3,(H,18,19);1H. The quantitative estimate of drug-likeness (QED) is 0.661. The maximum absolute atomic E-state index is 12.6. The molecule has 0 amide bonds. The fraction of sp³-hybridized carbons (Fsp3) is 0.533. The minimum atomic E-state index is -2.87. The van der Waals surface area contributed by atoms with E-state index in [0.717, 1.165) is 25.5 Å². The zero-order chi connectivity index (χ0) is 15.9. The summed E-state index contributed by atoms with van der Waals surface area (Å²) in [5.41, 5.74) is 0.632. The molecule has 0 radical (unpaired) electrons. The lowest BCUT2D eigenvalue weighted by Gasteiger charge is -2.17. The Kier molecular flexibility index (Phi) is 8.35. The topological polar surface area (TPSA) is 46.1 Å². The van der Waals surface area contributed by atoms with E-state index >= 15 is 0 Å². The van der Waals surface area contributed by atoms with Crippen LogP contribution in [-0.2, 0) is 6.54 Å². The van der Waals surface area contributed by atoms with Crippen LogP contribution in [0.4, 0.5) is 8.78 Å². The van der Waals surface area contributed by atoms with Crippen molar-refractivity contribution in [3.63, 3.8) is 0 Å². The van der Waals surface area contributed by atoms with Gasteiger partial charge >= 0.3 is 6.61 Å². The summed E-state index contributed by atoms with van der Waals surface area (Å²) in [6.45, 7) is 1.60. The number of hydrogen-bond donors (Lipinski definition) is 1. The largest absolute Gasteiger partial charge is 0.493 e. The van der Waals surface area contributed by atoms with Gasteiger partial charge in [-0.25, -0.2) is 0 Å². The molecule has 0 saturated heterocycles. The highest BCUT2D eigenvalue weighted by Crippen LogP contribution is 2.26. The second-order valence-electron chi connectivity index (χ2n) is 4.98. The van der Waals surface area contributed by atoms with E-state index in [9.17, 15) is 8.78 Å². The third-order valence-electron chi connectivity index (χ3n) is 3.22. The molecule has 0 aliphatic carbocycles. The Hall–Kier alpha value is -1.32. The highest BCUT2D eigenvalue weighted by atomic mass is 127. The molecule has 0 saturated carbocycles. The smallest absolute Gasteiger partial charge is 0.387 e. The number of rotatable bonds is 7. The van der Waals surface area contributed by atoms with Crippen LogP contribution in [0.5, 0.6) is 11.5 Å². The molecule has 2 rings (SSSR count). The Balaban J connectivity index is 0.00000264. The van der Waals surface area contributed by atoms with Crippen molar-refractivity contribution in [2.24, 2.45) is 4.99 Å². The molecule has 130 valence electrons. The van der Waals surface area contributed by atoms with Crippen molar-refractivity contribution in [2.75, 3.05) is 26.7 Å². The summed E-state index contributed by atoms with van der Waals surface area (Å²) in [4.78, 5) is 6.28. The Bertz CT molecular complexity index is 529. The van der Waals surface area contributed by atoms with E-state index in [1.165, 1.54) is 6.07 Å². The number of likely N-dealkylation sites (N-methyl/N-ethyl adjacent to an activating group) is 1. The molecule has 23 heavy (non-hydrogen) atoms. The van der Waals surface area contributed by atoms with Gasteiger partial charge in [0.2, 0.25) is 0 Å². The minimum Gasteiger partial charge on any atom is -0.493 e. The van der Waals surface area contributed by atoms with Crippen LogP contribution in [-0.4, -0.2) is 44.2 Å². The van der Waals surface area contributed by atoms with Crippen LogP contribution in [0.15, 0.2) is 23.2 Å². The SMILES string of the molecule is CCCOc1ccc(CNC2=NCCN2C)c(OC(F)F)c1.I. The lowest BCUT2D eigenvalue weighted by molar-refractivity contribution is -0.0505. The van der Waals surface area contributed by atoms with Gasteiger partial charge in [0.05, 0.1) is 13.2 Å². The second-order valence-corrected chi connectivity index (χ2v) is 4.98. The van der Waals surface area contributed by atoms with Crippen molar-refractivity contribution >= 4 is 29.9 Å². The van der Waals surface area contributed by atoms with Crippen LogP contribution < -0.4 is 14.8 Å². The zero-order valence-corrected chi connectivity index (χ0v) is 15.6. The number of nitrogens with one attached hydrogen (secondary N) is 1. The first-order valence-corrected chi connectivity index (χ1v) is 7.30. The van der Waals surface area contributed by atoms with Crippen LogP contribution >= 0.6 is 24.0 Å². The molecule has 1 N–H and O–H groups in total. The Morgan fingerprint density at radius 1 is 1.39 bits per heavy atom. The predicted molar refractivity (Wildman–Crippen MR) is 96.0 cm³/mol. The van der Waals surface area contributed by atoms with Gasteiger partial charge in [-0.3, -0.25) is 4.99 Å². The van der Waals surface area contributed by atoms with Gasteiger partial charge in [-0.05, 0) is 18.6 Å². The van der Waals surface area contributed by atoms with Gasteiger partial charge in [-0.2, -0.15) is 8.78 Å². The fourth-order valence-corrected chi connectivity index (χ4v) is 2.09. The molecule has 1 aliphatic heterocycles.